The first-order valence-corrected chi connectivity index (χ1v) is 15.4. The minimum Gasteiger partial charge on any atom is -0.363 e. The molecule has 0 aromatic heterocycles. The summed E-state index contributed by atoms with van der Waals surface area (Å²) in [6.45, 7) is 7.36. The number of hydrogen-bond donors (Lipinski definition) is 0. The van der Waals surface area contributed by atoms with Crippen molar-refractivity contribution in [1.29, 1.82) is 0 Å². The van der Waals surface area contributed by atoms with Gasteiger partial charge in [0.1, 0.15) is 5.60 Å². The summed E-state index contributed by atoms with van der Waals surface area (Å²) >= 11 is 0. The molecule has 8 rings (SSSR count). The van der Waals surface area contributed by atoms with Crippen molar-refractivity contribution in [2.45, 2.75) is 90.3 Å². The van der Waals surface area contributed by atoms with Crippen LogP contribution in [0, 0.1) is 40.4 Å². The molecule has 0 amide bonds. The third-order valence-electron chi connectivity index (χ3n) is 12.3. The van der Waals surface area contributed by atoms with Gasteiger partial charge in [-0.2, -0.15) is 0 Å². The molecule has 2 heterocycles. The molecule has 2 aromatic carbocycles. The fourth-order valence-corrected chi connectivity index (χ4v) is 10.3. The highest BCUT2D eigenvalue weighted by Crippen LogP contribution is 2.72. The second-order valence-corrected chi connectivity index (χ2v) is 14.2. The van der Waals surface area contributed by atoms with Gasteiger partial charge in [-0.3, -0.25) is 4.79 Å². The van der Waals surface area contributed by atoms with Gasteiger partial charge in [0, 0.05) is 11.8 Å². The first kappa shape index (κ1) is 24.8. The van der Waals surface area contributed by atoms with Gasteiger partial charge >= 0.3 is 0 Å². The molecular formula is C36H44O2. The molecule has 2 aromatic rings. The normalized spacial score (nSPS) is 41.8. The van der Waals surface area contributed by atoms with E-state index in [0.717, 1.165) is 19.3 Å². The average molecular weight is 509 g/mol. The Morgan fingerprint density at radius 1 is 0.947 bits per heavy atom. The smallest absolute Gasteiger partial charge is 0.166 e. The predicted octanol–water partition coefficient (Wildman–Crippen LogP) is 8.50. The Balaban J connectivity index is 1.15. The van der Waals surface area contributed by atoms with Gasteiger partial charge in [0.25, 0.3) is 0 Å². The molecule has 2 nitrogen and oxygen atoms in total. The second-order valence-electron chi connectivity index (χ2n) is 14.2. The van der Waals surface area contributed by atoms with E-state index in [9.17, 15) is 4.79 Å². The fraction of sp³-hybridized carbons (Fsp3) is 0.583. The van der Waals surface area contributed by atoms with Crippen LogP contribution >= 0.6 is 0 Å². The number of fused-ring (bicyclic) bond motifs is 3. The summed E-state index contributed by atoms with van der Waals surface area (Å²) in [5.41, 5.74) is 3.65. The Morgan fingerprint density at radius 2 is 1.63 bits per heavy atom. The number of ketones is 1. The topological polar surface area (TPSA) is 26.3 Å². The van der Waals surface area contributed by atoms with Gasteiger partial charge < -0.3 is 4.74 Å². The number of hydrogen-bond acceptors (Lipinski definition) is 2. The number of carbonyl (C=O) groups excluding carboxylic acids is 1. The fourth-order valence-electron chi connectivity index (χ4n) is 10.3. The van der Waals surface area contributed by atoms with E-state index in [-0.39, 0.29) is 10.8 Å². The molecule has 9 atom stereocenters. The first-order chi connectivity index (χ1) is 18.3. The van der Waals surface area contributed by atoms with Crippen molar-refractivity contribution in [2.75, 3.05) is 0 Å². The van der Waals surface area contributed by atoms with Crippen LogP contribution in [0.2, 0.25) is 0 Å². The van der Waals surface area contributed by atoms with Crippen molar-refractivity contribution < 1.29 is 9.53 Å². The quantitative estimate of drug-likeness (QED) is 0.405. The largest absolute Gasteiger partial charge is 0.363 e. The highest BCUT2D eigenvalue weighted by atomic mass is 16.5. The van der Waals surface area contributed by atoms with E-state index < -0.39 is 5.60 Å². The Hall–Kier alpha value is -2.19. The molecule has 2 heteroatoms. The standard InChI is InChI=1S/C36H44O2/c1-24(14-16-30(25-10-6-4-7-11-25)26-12-8-5-9-13-26)27-20-32-31-17-15-28-21-29-18-19-35(28,3)36(31,38-29)33(37)23-34(32,2)22-27/h4-13,16,24,27-29,31-32H,14-15,17-23H2,1-3H3/t24-,27-,28+,29-,31-,32+,34+,35+,36+/m1/s1. The van der Waals surface area contributed by atoms with Gasteiger partial charge in [0.05, 0.1) is 6.10 Å². The lowest BCUT2D eigenvalue weighted by molar-refractivity contribution is -0.306. The molecule has 2 aliphatic heterocycles. The van der Waals surface area contributed by atoms with E-state index in [1.165, 1.54) is 55.2 Å². The van der Waals surface area contributed by atoms with E-state index in [1.807, 2.05) is 0 Å². The number of ether oxygens (including phenoxy) is 1. The number of rotatable bonds is 5. The summed E-state index contributed by atoms with van der Waals surface area (Å²) in [6.07, 6.45) is 13.2. The summed E-state index contributed by atoms with van der Waals surface area (Å²) in [7, 11) is 0. The van der Waals surface area contributed by atoms with E-state index >= 15 is 0 Å². The lowest BCUT2D eigenvalue weighted by atomic mass is 9.41. The van der Waals surface area contributed by atoms with Gasteiger partial charge in [0.2, 0.25) is 0 Å². The molecule has 0 unspecified atom stereocenters. The van der Waals surface area contributed by atoms with Crippen LogP contribution in [0.5, 0.6) is 0 Å². The van der Waals surface area contributed by atoms with Crippen LogP contribution in [0.4, 0.5) is 0 Å². The average Bonchev–Trinajstić information content (AvgIpc) is 3.27. The number of carbonyl (C=O) groups is 1. The van der Waals surface area contributed by atoms with Gasteiger partial charge in [-0.1, -0.05) is 87.5 Å². The van der Waals surface area contributed by atoms with E-state index in [0.29, 0.717) is 41.5 Å². The van der Waals surface area contributed by atoms with Gasteiger partial charge in [0.15, 0.2) is 5.78 Å². The molecule has 38 heavy (non-hydrogen) atoms. The summed E-state index contributed by atoms with van der Waals surface area (Å²) < 4.78 is 6.93. The highest BCUT2D eigenvalue weighted by molar-refractivity contribution is 5.91. The van der Waals surface area contributed by atoms with Crippen molar-refractivity contribution in [3.63, 3.8) is 0 Å². The number of Topliss-reactive ketones (excluding diaryl/α,β-unsaturated/α-hetero) is 1. The van der Waals surface area contributed by atoms with Crippen molar-refractivity contribution in [3.05, 3.63) is 77.9 Å². The maximum absolute atomic E-state index is 14.2. The maximum atomic E-state index is 14.2. The van der Waals surface area contributed by atoms with Crippen LogP contribution < -0.4 is 0 Å². The zero-order chi connectivity index (χ0) is 26.1. The summed E-state index contributed by atoms with van der Waals surface area (Å²) in [4.78, 5) is 14.2. The zero-order valence-electron chi connectivity index (χ0n) is 23.5. The van der Waals surface area contributed by atoms with Crippen LogP contribution in [-0.2, 0) is 9.53 Å². The molecule has 200 valence electrons. The summed E-state index contributed by atoms with van der Waals surface area (Å²) in [6, 6.07) is 21.7. The minimum absolute atomic E-state index is 0.0653. The molecule has 0 radical (unpaired) electrons. The molecule has 6 fully saturated rings. The number of allylic oxidation sites excluding steroid dienone is 1. The van der Waals surface area contributed by atoms with Crippen molar-refractivity contribution in [1.82, 2.24) is 0 Å². The zero-order valence-corrected chi connectivity index (χ0v) is 23.5. The van der Waals surface area contributed by atoms with Crippen LogP contribution in [0.15, 0.2) is 66.7 Å². The molecule has 4 aliphatic carbocycles. The maximum Gasteiger partial charge on any atom is 0.166 e. The van der Waals surface area contributed by atoms with E-state index in [4.69, 9.17) is 4.74 Å². The van der Waals surface area contributed by atoms with Gasteiger partial charge in [-0.15, -0.1) is 0 Å². The van der Waals surface area contributed by atoms with Crippen LogP contribution in [0.25, 0.3) is 5.57 Å². The lowest BCUT2D eigenvalue weighted by Crippen LogP contribution is -2.74. The molecular weight excluding hydrogens is 464 g/mol. The number of benzene rings is 2. The van der Waals surface area contributed by atoms with Crippen LogP contribution in [0.1, 0.15) is 89.7 Å². The molecule has 4 bridgehead atoms. The molecule has 1 spiro atoms. The van der Waals surface area contributed by atoms with Gasteiger partial charge in [-0.05, 0) is 103 Å². The molecule has 4 saturated carbocycles. The lowest BCUT2D eigenvalue weighted by Gasteiger charge is -2.70. The predicted molar refractivity (Wildman–Crippen MR) is 153 cm³/mol. The molecule has 6 aliphatic rings. The first-order valence-electron chi connectivity index (χ1n) is 15.4. The Morgan fingerprint density at radius 3 is 2.32 bits per heavy atom. The second kappa shape index (κ2) is 8.91. The Labute approximate surface area is 229 Å². The molecule has 2 saturated heterocycles. The van der Waals surface area contributed by atoms with Crippen molar-refractivity contribution in [2.24, 2.45) is 40.4 Å². The van der Waals surface area contributed by atoms with E-state index in [1.54, 1.807) is 0 Å². The monoisotopic (exact) mass is 508 g/mol. The Bertz CT molecular complexity index is 1190. The summed E-state index contributed by atoms with van der Waals surface area (Å²) in [5.74, 6) is 3.48. The Kier molecular flexibility index (Phi) is 5.82. The van der Waals surface area contributed by atoms with E-state index in [2.05, 4.69) is 87.5 Å². The third kappa shape index (κ3) is 3.51. The minimum atomic E-state index is -0.479. The third-order valence-corrected chi connectivity index (χ3v) is 12.3. The highest BCUT2D eigenvalue weighted by Gasteiger charge is 2.74. The summed E-state index contributed by atoms with van der Waals surface area (Å²) in [5, 5.41) is 0. The van der Waals surface area contributed by atoms with Crippen LogP contribution in [0.3, 0.4) is 0 Å². The SMILES string of the molecule is C[C@H](CC=C(c1ccccc1)c1ccccc1)[C@@H]1C[C@H]2[C@H]3CC[C@H]4C[C@H]5CC[C@]4(C)[C@@]3(O5)C(=O)C[C@]2(C)C1. The molecule has 0 N–H and O–H groups in total. The van der Waals surface area contributed by atoms with Crippen molar-refractivity contribution in [3.8, 4) is 0 Å². The van der Waals surface area contributed by atoms with Crippen molar-refractivity contribution >= 4 is 11.4 Å². The van der Waals surface area contributed by atoms with Crippen LogP contribution in [-0.4, -0.2) is 17.5 Å². The van der Waals surface area contributed by atoms with Gasteiger partial charge in [-0.25, -0.2) is 0 Å².